The number of hydrogen-bond donors (Lipinski definition) is 3. The summed E-state index contributed by atoms with van der Waals surface area (Å²) >= 11 is 1.53. The van der Waals surface area contributed by atoms with E-state index in [1.54, 1.807) is 0 Å². The minimum atomic E-state index is -0.584. The van der Waals surface area contributed by atoms with Gasteiger partial charge in [-0.1, -0.05) is 18.5 Å². The average molecular weight is 270 g/mol. The third kappa shape index (κ3) is 3.99. The van der Waals surface area contributed by atoms with Crippen LogP contribution in [0.15, 0.2) is 10.5 Å². The predicted molar refractivity (Wildman–Crippen MR) is 70.5 cm³/mol. The van der Waals surface area contributed by atoms with E-state index in [0.717, 1.165) is 17.1 Å². The van der Waals surface area contributed by atoms with Crippen LogP contribution in [0, 0.1) is 12.8 Å². The summed E-state index contributed by atoms with van der Waals surface area (Å²) in [4.78, 5) is 16.2. The van der Waals surface area contributed by atoms with Gasteiger partial charge in [0.2, 0.25) is 5.91 Å². The predicted octanol–water partition coefficient (Wildman–Crippen LogP) is 1.23. The van der Waals surface area contributed by atoms with E-state index in [-0.39, 0.29) is 11.7 Å². The quantitative estimate of drug-likeness (QED) is 0.313. The summed E-state index contributed by atoms with van der Waals surface area (Å²) in [5, 5.41) is 17.2. The Hall–Kier alpha value is -1.63. The van der Waals surface area contributed by atoms with Crippen molar-refractivity contribution in [2.24, 2.45) is 16.8 Å². The van der Waals surface area contributed by atoms with Crippen molar-refractivity contribution in [3.8, 4) is 0 Å². The van der Waals surface area contributed by atoms with E-state index in [1.165, 1.54) is 11.3 Å². The van der Waals surface area contributed by atoms with Crippen LogP contribution in [0.1, 0.15) is 30.5 Å². The number of nitrogens with one attached hydrogen (secondary N) is 1. The zero-order valence-corrected chi connectivity index (χ0v) is 11.3. The molecule has 7 heteroatoms. The molecule has 4 N–H and O–H groups in total. The third-order valence-electron chi connectivity index (χ3n) is 2.48. The van der Waals surface area contributed by atoms with Crippen molar-refractivity contribution in [1.29, 1.82) is 0 Å². The number of thiazole rings is 1. The van der Waals surface area contributed by atoms with Gasteiger partial charge >= 0.3 is 0 Å². The van der Waals surface area contributed by atoms with Gasteiger partial charge in [0.25, 0.3) is 0 Å². The molecular formula is C11H18N4O2S. The van der Waals surface area contributed by atoms with E-state index < -0.39 is 5.92 Å². The van der Waals surface area contributed by atoms with Crippen molar-refractivity contribution < 1.29 is 10.0 Å². The molecule has 0 aliphatic rings. The van der Waals surface area contributed by atoms with Crippen molar-refractivity contribution in [1.82, 2.24) is 10.3 Å². The lowest BCUT2D eigenvalue weighted by Gasteiger charge is -2.13. The van der Waals surface area contributed by atoms with Crippen LogP contribution >= 0.6 is 11.3 Å². The van der Waals surface area contributed by atoms with Crippen LogP contribution in [-0.4, -0.2) is 21.9 Å². The van der Waals surface area contributed by atoms with E-state index in [2.05, 4.69) is 15.5 Å². The molecule has 1 unspecified atom stereocenters. The highest BCUT2D eigenvalue weighted by Gasteiger charge is 2.22. The first-order valence-corrected chi connectivity index (χ1v) is 6.62. The number of amidine groups is 1. The first-order valence-electron chi connectivity index (χ1n) is 5.74. The molecule has 0 aromatic carbocycles. The molecule has 0 fully saturated rings. The second kappa shape index (κ2) is 6.95. The highest BCUT2D eigenvalue weighted by atomic mass is 32.1. The molecule has 0 saturated heterocycles. The summed E-state index contributed by atoms with van der Waals surface area (Å²) in [7, 11) is 0. The molecule has 0 radical (unpaired) electrons. The molecule has 6 nitrogen and oxygen atoms in total. The van der Waals surface area contributed by atoms with Crippen LogP contribution in [0.5, 0.6) is 0 Å². The fourth-order valence-corrected chi connectivity index (χ4v) is 2.17. The van der Waals surface area contributed by atoms with Crippen molar-refractivity contribution in [2.45, 2.75) is 33.2 Å². The summed E-state index contributed by atoms with van der Waals surface area (Å²) in [6.45, 7) is 4.21. The van der Waals surface area contributed by atoms with Crippen LogP contribution in [-0.2, 0) is 11.3 Å². The number of hydrogen-bond acceptors (Lipinski definition) is 5. The molecular weight excluding hydrogens is 252 g/mol. The molecule has 1 rings (SSSR count). The number of carbonyl (C=O) groups excluding carboxylic acids is 1. The lowest BCUT2D eigenvalue weighted by Crippen LogP contribution is -2.38. The maximum atomic E-state index is 11.9. The number of nitrogens with two attached hydrogens (primary N) is 1. The maximum Gasteiger partial charge on any atom is 0.231 e. The number of carbonyl (C=O) groups is 1. The van der Waals surface area contributed by atoms with Gasteiger partial charge in [0, 0.05) is 5.38 Å². The Morgan fingerprint density at radius 2 is 2.44 bits per heavy atom. The van der Waals surface area contributed by atoms with Crippen LogP contribution in [0.25, 0.3) is 0 Å². The van der Waals surface area contributed by atoms with E-state index in [1.807, 2.05) is 19.2 Å². The fraction of sp³-hybridized carbons (Fsp3) is 0.545. The molecule has 1 heterocycles. The highest BCUT2D eigenvalue weighted by molar-refractivity contribution is 7.09. The van der Waals surface area contributed by atoms with Crippen LogP contribution in [0.2, 0.25) is 0 Å². The van der Waals surface area contributed by atoms with Gasteiger partial charge in [-0.05, 0) is 13.3 Å². The minimum absolute atomic E-state index is 0.0520. The Kier molecular flexibility index (Phi) is 5.57. The molecule has 1 amide bonds. The Morgan fingerprint density at radius 1 is 1.72 bits per heavy atom. The smallest absolute Gasteiger partial charge is 0.231 e. The van der Waals surface area contributed by atoms with Gasteiger partial charge in [-0.25, -0.2) is 4.98 Å². The second-order valence-corrected chi connectivity index (χ2v) is 5.00. The first-order chi connectivity index (χ1) is 8.58. The van der Waals surface area contributed by atoms with Gasteiger partial charge in [-0.3, -0.25) is 4.79 Å². The number of nitrogens with zero attached hydrogens (tertiary/aromatic N) is 2. The van der Waals surface area contributed by atoms with E-state index in [4.69, 9.17) is 10.9 Å². The minimum Gasteiger partial charge on any atom is -0.409 e. The second-order valence-electron chi connectivity index (χ2n) is 3.94. The zero-order chi connectivity index (χ0) is 13.5. The number of oxime groups is 1. The largest absolute Gasteiger partial charge is 0.409 e. The highest BCUT2D eigenvalue weighted by Crippen LogP contribution is 2.10. The van der Waals surface area contributed by atoms with Gasteiger partial charge in [0.1, 0.15) is 0 Å². The number of amides is 1. The molecule has 0 saturated carbocycles. The van der Waals surface area contributed by atoms with Crippen molar-refractivity contribution in [3.05, 3.63) is 16.1 Å². The third-order valence-corrected chi connectivity index (χ3v) is 3.30. The summed E-state index contributed by atoms with van der Waals surface area (Å²) < 4.78 is 0. The Morgan fingerprint density at radius 3 is 2.94 bits per heavy atom. The number of rotatable bonds is 6. The average Bonchev–Trinajstić information content (AvgIpc) is 2.78. The van der Waals surface area contributed by atoms with Gasteiger partial charge in [0.05, 0.1) is 23.2 Å². The Bertz CT molecular complexity index is 430. The molecule has 0 aliphatic heterocycles. The Labute approximate surface area is 110 Å². The van der Waals surface area contributed by atoms with Crippen molar-refractivity contribution in [2.75, 3.05) is 0 Å². The first kappa shape index (κ1) is 14.4. The number of aromatic nitrogens is 1. The van der Waals surface area contributed by atoms with E-state index >= 15 is 0 Å². The van der Waals surface area contributed by atoms with Gasteiger partial charge in [-0.2, -0.15) is 0 Å². The van der Waals surface area contributed by atoms with Crippen molar-refractivity contribution in [3.63, 3.8) is 0 Å². The zero-order valence-electron chi connectivity index (χ0n) is 10.5. The topological polar surface area (TPSA) is 101 Å². The molecule has 0 spiro atoms. The molecule has 18 heavy (non-hydrogen) atoms. The van der Waals surface area contributed by atoms with Crippen LogP contribution in [0.3, 0.4) is 0 Å². The Balaban J connectivity index is 2.56. The monoisotopic (exact) mass is 270 g/mol. The van der Waals surface area contributed by atoms with Crippen LogP contribution < -0.4 is 11.1 Å². The molecule has 0 bridgehead atoms. The lowest BCUT2D eigenvalue weighted by atomic mass is 10.0. The summed E-state index contributed by atoms with van der Waals surface area (Å²) in [5.74, 6) is -0.874. The number of aryl methyl sites for hydroxylation is 1. The van der Waals surface area contributed by atoms with Gasteiger partial charge in [-0.15, -0.1) is 11.3 Å². The molecule has 100 valence electrons. The standard InChI is InChI=1S/C11H18N4O2S/c1-3-4-9(10(12)15-17)11(16)13-5-8-6-18-7(2)14-8/h6,9,17H,3-5H2,1-2H3,(H2,12,15)(H,13,16). The van der Waals surface area contributed by atoms with Crippen LogP contribution in [0.4, 0.5) is 0 Å². The van der Waals surface area contributed by atoms with Gasteiger partial charge in [0.15, 0.2) is 5.84 Å². The molecule has 0 aliphatic carbocycles. The van der Waals surface area contributed by atoms with E-state index in [9.17, 15) is 4.79 Å². The molecule has 1 aromatic heterocycles. The molecule has 1 atom stereocenters. The summed E-state index contributed by atoms with van der Waals surface area (Å²) in [5.41, 5.74) is 6.32. The normalized spacial score (nSPS) is 13.3. The summed E-state index contributed by atoms with van der Waals surface area (Å²) in [6.07, 6.45) is 1.34. The van der Waals surface area contributed by atoms with Gasteiger partial charge < -0.3 is 16.3 Å². The molecule has 1 aromatic rings. The van der Waals surface area contributed by atoms with Crippen molar-refractivity contribution >= 4 is 23.1 Å². The van der Waals surface area contributed by atoms with E-state index in [0.29, 0.717) is 13.0 Å². The lowest BCUT2D eigenvalue weighted by molar-refractivity contribution is -0.123. The fourth-order valence-electron chi connectivity index (χ4n) is 1.56. The summed E-state index contributed by atoms with van der Waals surface area (Å²) in [6, 6.07) is 0. The maximum absolute atomic E-state index is 11.9. The SMILES string of the molecule is CCCC(C(=O)NCc1csc(C)n1)C(N)=NO.